The van der Waals surface area contributed by atoms with Crippen LogP contribution in [0, 0.1) is 0 Å². The van der Waals surface area contributed by atoms with Crippen LogP contribution < -0.4 is 9.47 Å². The third-order valence-electron chi connectivity index (χ3n) is 2.81. The third-order valence-corrected chi connectivity index (χ3v) is 3.14. The van der Waals surface area contributed by atoms with Gasteiger partial charge in [-0.2, -0.15) is 0 Å². The number of benzene rings is 2. The number of ether oxygens (including phenoxy) is 2. The Kier molecular flexibility index (Phi) is 4.07. The number of carbonyl (C=O) groups excluding carboxylic acids is 1. The third kappa shape index (κ3) is 2.88. The number of hydrogen-bond donors (Lipinski definition) is 0. The maximum Gasteiger partial charge on any atom is 0.151 e. The number of halogens is 1. The van der Waals surface area contributed by atoms with Crippen molar-refractivity contribution in [3.05, 3.63) is 47.0 Å². The quantitative estimate of drug-likeness (QED) is 0.796. The van der Waals surface area contributed by atoms with Crippen LogP contribution in [0.4, 0.5) is 0 Å². The van der Waals surface area contributed by atoms with Gasteiger partial charge in [0.05, 0.1) is 19.2 Å². The first kappa shape index (κ1) is 13.4. The molecule has 0 bridgehead atoms. The minimum Gasteiger partial charge on any atom is -0.497 e. The van der Waals surface area contributed by atoms with E-state index in [-0.39, 0.29) is 0 Å². The number of carbonyl (C=O) groups is 1. The Morgan fingerprint density at radius 1 is 0.947 bits per heavy atom. The van der Waals surface area contributed by atoms with E-state index in [1.54, 1.807) is 32.4 Å². The van der Waals surface area contributed by atoms with Crippen molar-refractivity contribution < 1.29 is 14.3 Å². The van der Waals surface area contributed by atoms with Crippen LogP contribution in [-0.2, 0) is 0 Å². The van der Waals surface area contributed by atoms with Crippen LogP contribution in [0.3, 0.4) is 0 Å². The minimum absolute atomic E-state index is 0.425. The standard InChI is InChI=1S/C15H13ClO3/c1-18-13-5-12(6-14(8-13)19-2)10-3-4-11(9-17)15(16)7-10/h3-9H,1-2H3. The summed E-state index contributed by atoms with van der Waals surface area (Å²) < 4.78 is 10.4. The van der Waals surface area contributed by atoms with Crippen molar-refractivity contribution in [1.82, 2.24) is 0 Å². The normalized spacial score (nSPS) is 10.1. The molecule has 3 nitrogen and oxygen atoms in total. The van der Waals surface area contributed by atoms with Crippen LogP contribution in [0.15, 0.2) is 36.4 Å². The predicted molar refractivity (Wildman–Crippen MR) is 75.4 cm³/mol. The van der Waals surface area contributed by atoms with E-state index < -0.39 is 0 Å². The van der Waals surface area contributed by atoms with E-state index in [9.17, 15) is 4.79 Å². The Labute approximate surface area is 116 Å². The predicted octanol–water partition coefficient (Wildman–Crippen LogP) is 3.84. The molecular weight excluding hydrogens is 264 g/mol. The molecule has 0 aliphatic rings. The summed E-state index contributed by atoms with van der Waals surface area (Å²) in [6, 6.07) is 10.8. The molecule has 0 atom stereocenters. The van der Waals surface area contributed by atoms with Crippen molar-refractivity contribution in [2.24, 2.45) is 0 Å². The van der Waals surface area contributed by atoms with E-state index in [1.165, 1.54) is 0 Å². The van der Waals surface area contributed by atoms with Gasteiger partial charge in [0.25, 0.3) is 0 Å². The molecule has 0 aliphatic carbocycles. The second-order valence-electron chi connectivity index (χ2n) is 3.96. The maximum atomic E-state index is 10.8. The van der Waals surface area contributed by atoms with Crippen molar-refractivity contribution in [1.29, 1.82) is 0 Å². The first-order valence-corrected chi connectivity index (χ1v) is 6.04. The van der Waals surface area contributed by atoms with Crippen molar-refractivity contribution in [3.8, 4) is 22.6 Å². The van der Waals surface area contributed by atoms with Gasteiger partial charge in [-0.25, -0.2) is 0 Å². The first-order valence-electron chi connectivity index (χ1n) is 5.66. The zero-order valence-electron chi connectivity index (χ0n) is 10.6. The molecule has 98 valence electrons. The lowest BCUT2D eigenvalue weighted by Crippen LogP contribution is -1.89. The zero-order valence-corrected chi connectivity index (χ0v) is 11.4. The summed E-state index contributed by atoms with van der Waals surface area (Å²) in [7, 11) is 3.20. The second-order valence-corrected chi connectivity index (χ2v) is 4.36. The molecular formula is C15H13ClO3. The van der Waals surface area contributed by atoms with Crippen molar-refractivity contribution in [2.45, 2.75) is 0 Å². The Morgan fingerprint density at radius 3 is 2.05 bits per heavy atom. The van der Waals surface area contributed by atoms with Crippen LogP contribution in [0.1, 0.15) is 10.4 Å². The molecule has 0 aromatic heterocycles. The maximum absolute atomic E-state index is 10.8. The summed E-state index contributed by atoms with van der Waals surface area (Å²) in [6.45, 7) is 0. The van der Waals surface area contributed by atoms with Gasteiger partial charge in [0.2, 0.25) is 0 Å². The van der Waals surface area contributed by atoms with Crippen LogP contribution in [0.25, 0.3) is 11.1 Å². The highest BCUT2D eigenvalue weighted by atomic mass is 35.5. The number of methoxy groups -OCH3 is 2. The Balaban J connectivity index is 2.51. The molecule has 4 heteroatoms. The molecule has 19 heavy (non-hydrogen) atoms. The molecule has 2 aromatic carbocycles. The minimum atomic E-state index is 0.425. The molecule has 0 heterocycles. The molecule has 0 N–H and O–H groups in total. The van der Waals surface area contributed by atoms with E-state index in [0.717, 1.165) is 17.4 Å². The number of hydrogen-bond acceptors (Lipinski definition) is 3. The molecule has 0 saturated heterocycles. The van der Waals surface area contributed by atoms with E-state index in [2.05, 4.69) is 0 Å². The summed E-state index contributed by atoms with van der Waals surface area (Å²) >= 11 is 6.03. The fourth-order valence-electron chi connectivity index (χ4n) is 1.78. The van der Waals surface area contributed by atoms with Crippen LogP contribution in [0.2, 0.25) is 5.02 Å². The highest BCUT2D eigenvalue weighted by molar-refractivity contribution is 6.33. The van der Waals surface area contributed by atoms with Crippen LogP contribution in [0.5, 0.6) is 11.5 Å². The van der Waals surface area contributed by atoms with Crippen molar-refractivity contribution >= 4 is 17.9 Å². The van der Waals surface area contributed by atoms with Crippen LogP contribution in [-0.4, -0.2) is 20.5 Å². The lowest BCUT2D eigenvalue weighted by atomic mass is 10.0. The zero-order chi connectivity index (χ0) is 13.8. The van der Waals surface area contributed by atoms with Crippen molar-refractivity contribution in [2.75, 3.05) is 14.2 Å². The molecule has 0 aliphatic heterocycles. The molecule has 0 radical (unpaired) electrons. The summed E-state index contributed by atoms with van der Waals surface area (Å²) in [5.41, 5.74) is 2.28. The van der Waals surface area contributed by atoms with Gasteiger partial charge in [-0.15, -0.1) is 0 Å². The van der Waals surface area contributed by atoms with E-state index in [0.29, 0.717) is 22.1 Å². The lowest BCUT2D eigenvalue weighted by Gasteiger charge is -2.09. The van der Waals surface area contributed by atoms with Gasteiger partial charge >= 0.3 is 0 Å². The first-order chi connectivity index (χ1) is 9.17. The average Bonchev–Trinajstić information content (AvgIpc) is 2.46. The monoisotopic (exact) mass is 276 g/mol. The Morgan fingerprint density at radius 2 is 1.58 bits per heavy atom. The van der Waals surface area contributed by atoms with Gasteiger partial charge in [-0.05, 0) is 35.4 Å². The average molecular weight is 277 g/mol. The lowest BCUT2D eigenvalue weighted by molar-refractivity contribution is 0.112. The summed E-state index contributed by atoms with van der Waals surface area (Å²) in [5.74, 6) is 1.40. The SMILES string of the molecule is COc1cc(OC)cc(-c2ccc(C=O)c(Cl)c2)c1. The topological polar surface area (TPSA) is 35.5 Å². The van der Waals surface area contributed by atoms with Gasteiger partial charge in [0, 0.05) is 11.6 Å². The number of aldehydes is 1. The fraction of sp³-hybridized carbons (Fsp3) is 0.133. The molecule has 0 amide bonds. The van der Waals surface area contributed by atoms with Crippen LogP contribution >= 0.6 is 11.6 Å². The molecule has 0 fully saturated rings. The largest absolute Gasteiger partial charge is 0.497 e. The van der Waals surface area contributed by atoms with E-state index in [1.807, 2.05) is 18.2 Å². The van der Waals surface area contributed by atoms with Gasteiger partial charge < -0.3 is 9.47 Å². The van der Waals surface area contributed by atoms with Gasteiger partial charge in [0.1, 0.15) is 11.5 Å². The summed E-state index contributed by atoms with van der Waals surface area (Å²) in [4.78, 5) is 10.8. The molecule has 2 rings (SSSR count). The molecule has 2 aromatic rings. The highest BCUT2D eigenvalue weighted by Crippen LogP contribution is 2.31. The Bertz CT molecular complexity index is 586. The summed E-state index contributed by atoms with van der Waals surface area (Å²) in [5, 5.41) is 0.425. The highest BCUT2D eigenvalue weighted by Gasteiger charge is 2.06. The Hall–Kier alpha value is -2.00. The number of rotatable bonds is 4. The smallest absolute Gasteiger partial charge is 0.151 e. The molecule has 0 saturated carbocycles. The van der Waals surface area contributed by atoms with Crippen molar-refractivity contribution in [3.63, 3.8) is 0 Å². The fourth-order valence-corrected chi connectivity index (χ4v) is 2.00. The van der Waals surface area contributed by atoms with Gasteiger partial charge in [-0.1, -0.05) is 17.7 Å². The molecule has 0 unspecified atom stereocenters. The van der Waals surface area contributed by atoms with Gasteiger partial charge in [-0.3, -0.25) is 4.79 Å². The summed E-state index contributed by atoms with van der Waals surface area (Å²) in [6.07, 6.45) is 0.734. The van der Waals surface area contributed by atoms with E-state index >= 15 is 0 Å². The molecule has 0 spiro atoms. The van der Waals surface area contributed by atoms with E-state index in [4.69, 9.17) is 21.1 Å². The second kappa shape index (κ2) is 5.76. The van der Waals surface area contributed by atoms with Gasteiger partial charge in [0.15, 0.2) is 6.29 Å².